The zero-order chi connectivity index (χ0) is 10.7. The first-order valence-corrected chi connectivity index (χ1v) is 5.82. The Morgan fingerprint density at radius 2 is 2.27 bits per heavy atom. The van der Waals surface area contributed by atoms with E-state index in [4.69, 9.17) is 4.74 Å². The number of piperazine rings is 1. The van der Waals surface area contributed by atoms with Crippen LogP contribution < -0.4 is 10.1 Å². The van der Waals surface area contributed by atoms with E-state index in [1.54, 1.807) is 13.2 Å². The predicted octanol–water partition coefficient (Wildman–Crippen LogP) is 0.802. The first kappa shape index (κ1) is 10.4. The molecule has 1 aliphatic heterocycles. The number of hydrogen-bond acceptors (Lipinski definition) is 4. The maximum Gasteiger partial charge on any atom is 0.264 e. The number of ether oxygens (including phenoxy) is 1. The summed E-state index contributed by atoms with van der Waals surface area (Å²) < 4.78 is 5.06. The van der Waals surface area contributed by atoms with Crippen molar-refractivity contribution in [2.24, 2.45) is 0 Å². The van der Waals surface area contributed by atoms with E-state index in [-0.39, 0.29) is 5.91 Å². The molecule has 5 heteroatoms. The second-order valence-corrected chi connectivity index (χ2v) is 4.30. The van der Waals surface area contributed by atoms with Crippen LogP contribution in [0.4, 0.5) is 0 Å². The third-order valence-electron chi connectivity index (χ3n) is 2.43. The van der Waals surface area contributed by atoms with E-state index in [9.17, 15) is 4.79 Å². The van der Waals surface area contributed by atoms with Crippen molar-refractivity contribution in [1.82, 2.24) is 10.2 Å². The van der Waals surface area contributed by atoms with Crippen LogP contribution in [0.15, 0.2) is 11.4 Å². The summed E-state index contributed by atoms with van der Waals surface area (Å²) in [6.45, 7) is 3.35. The lowest BCUT2D eigenvalue weighted by molar-refractivity contribution is 0.0740. The van der Waals surface area contributed by atoms with Gasteiger partial charge in [0.1, 0.15) is 5.75 Å². The minimum Gasteiger partial charge on any atom is -0.496 e. The number of thiophene rings is 1. The minimum absolute atomic E-state index is 0.116. The molecule has 15 heavy (non-hydrogen) atoms. The molecule has 1 aromatic heterocycles. The highest BCUT2D eigenvalue weighted by molar-refractivity contribution is 7.12. The minimum atomic E-state index is 0.116. The Balaban J connectivity index is 2.05. The molecule has 1 N–H and O–H groups in total. The van der Waals surface area contributed by atoms with Crippen LogP contribution in [0.3, 0.4) is 0 Å². The maximum absolute atomic E-state index is 12.0. The summed E-state index contributed by atoms with van der Waals surface area (Å²) in [6.07, 6.45) is 0. The molecule has 1 aromatic rings. The molecule has 0 atom stereocenters. The predicted molar refractivity (Wildman–Crippen MR) is 59.6 cm³/mol. The normalized spacial score (nSPS) is 16.5. The SMILES string of the molecule is COc1csc(C(=O)N2CCNCC2)c1. The first-order chi connectivity index (χ1) is 7.31. The summed E-state index contributed by atoms with van der Waals surface area (Å²) in [7, 11) is 1.61. The van der Waals surface area contributed by atoms with Crippen molar-refractivity contribution in [1.29, 1.82) is 0 Å². The molecule has 0 bridgehead atoms. The molecule has 1 amide bonds. The standard InChI is InChI=1S/C10H14N2O2S/c1-14-8-6-9(15-7-8)10(13)12-4-2-11-3-5-12/h6-7,11H,2-5H2,1H3. The lowest BCUT2D eigenvalue weighted by Crippen LogP contribution is -2.46. The molecule has 1 saturated heterocycles. The molecular weight excluding hydrogens is 212 g/mol. The zero-order valence-corrected chi connectivity index (χ0v) is 9.47. The molecule has 0 unspecified atom stereocenters. The first-order valence-electron chi connectivity index (χ1n) is 4.94. The van der Waals surface area contributed by atoms with E-state index in [0.29, 0.717) is 0 Å². The number of nitrogens with one attached hydrogen (secondary N) is 1. The molecular formula is C10H14N2O2S. The Kier molecular flexibility index (Phi) is 3.23. The van der Waals surface area contributed by atoms with Gasteiger partial charge in [0.15, 0.2) is 0 Å². The van der Waals surface area contributed by atoms with E-state index >= 15 is 0 Å². The van der Waals surface area contributed by atoms with Gasteiger partial charge in [-0.05, 0) is 0 Å². The third-order valence-corrected chi connectivity index (χ3v) is 3.32. The highest BCUT2D eigenvalue weighted by Crippen LogP contribution is 2.22. The highest BCUT2D eigenvalue weighted by atomic mass is 32.1. The third kappa shape index (κ3) is 2.30. The van der Waals surface area contributed by atoms with Crippen LogP contribution >= 0.6 is 11.3 Å². The number of nitrogens with zero attached hydrogens (tertiary/aromatic N) is 1. The summed E-state index contributed by atoms with van der Waals surface area (Å²) in [5.41, 5.74) is 0. The van der Waals surface area contributed by atoms with Gasteiger partial charge in [0.2, 0.25) is 0 Å². The van der Waals surface area contributed by atoms with Crippen LogP contribution in [0.5, 0.6) is 5.75 Å². The van der Waals surface area contributed by atoms with Crippen LogP contribution in [0.1, 0.15) is 9.67 Å². The Morgan fingerprint density at radius 1 is 1.53 bits per heavy atom. The maximum atomic E-state index is 12.0. The summed E-state index contributed by atoms with van der Waals surface area (Å²) in [5, 5.41) is 5.08. The molecule has 1 aliphatic rings. The Morgan fingerprint density at radius 3 is 2.87 bits per heavy atom. The molecule has 4 nitrogen and oxygen atoms in total. The van der Waals surface area contributed by atoms with Gasteiger partial charge in [-0.3, -0.25) is 4.79 Å². The number of methoxy groups -OCH3 is 1. The van der Waals surface area contributed by atoms with Gasteiger partial charge >= 0.3 is 0 Å². The van der Waals surface area contributed by atoms with Crippen molar-refractivity contribution in [2.75, 3.05) is 33.3 Å². The number of carbonyl (C=O) groups is 1. The Hall–Kier alpha value is -1.07. The van der Waals surface area contributed by atoms with Gasteiger partial charge in [-0.2, -0.15) is 0 Å². The number of hydrogen-bond donors (Lipinski definition) is 1. The molecule has 0 saturated carbocycles. The topological polar surface area (TPSA) is 41.6 Å². The fourth-order valence-corrected chi connectivity index (χ4v) is 2.38. The van der Waals surface area contributed by atoms with Gasteiger partial charge in [0.25, 0.3) is 5.91 Å². The molecule has 0 aromatic carbocycles. The van der Waals surface area contributed by atoms with Gasteiger partial charge < -0.3 is 15.0 Å². The van der Waals surface area contributed by atoms with Crippen LogP contribution in [0.2, 0.25) is 0 Å². The van der Waals surface area contributed by atoms with Crippen LogP contribution in [0, 0.1) is 0 Å². The van der Waals surface area contributed by atoms with E-state index in [0.717, 1.165) is 36.8 Å². The average Bonchev–Trinajstić information content (AvgIpc) is 2.78. The van der Waals surface area contributed by atoms with Gasteiger partial charge in [-0.1, -0.05) is 0 Å². The number of carbonyl (C=O) groups excluding carboxylic acids is 1. The second-order valence-electron chi connectivity index (χ2n) is 3.39. The summed E-state index contributed by atoms with van der Waals surface area (Å²) in [6, 6.07) is 1.80. The number of amides is 1. The molecule has 82 valence electrons. The van der Waals surface area contributed by atoms with Gasteiger partial charge in [0.05, 0.1) is 12.0 Å². The summed E-state index contributed by atoms with van der Waals surface area (Å²) >= 11 is 1.44. The molecule has 2 rings (SSSR count). The van der Waals surface area contributed by atoms with E-state index in [1.165, 1.54) is 11.3 Å². The molecule has 2 heterocycles. The smallest absolute Gasteiger partial charge is 0.264 e. The van der Waals surface area contributed by atoms with Crippen molar-refractivity contribution in [3.8, 4) is 5.75 Å². The quantitative estimate of drug-likeness (QED) is 0.811. The van der Waals surface area contributed by atoms with Gasteiger partial charge in [0, 0.05) is 37.6 Å². The monoisotopic (exact) mass is 226 g/mol. The molecule has 0 spiro atoms. The number of rotatable bonds is 2. The van der Waals surface area contributed by atoms with Crippen molar-refractivity contribution in [3.63, 3.8) is 0 Å². The van der Waals surface area contributed by atoms with Crippen molar-refractivity contribution in [2.45, 2.75) is 0 Å². The van der Waals surface area contributed by atoms with Crippen LogP contribution in [-0.2, 0) is 0 Å². The van der Waals surface area contributed by atoms with Gasteiger partial charge in [-0.25, -0.2) is 0 Å². The fourth-order valence-electron chi connectivity index (χ4n) is 1.56. The van der Waals surface area contributed by atoms with E-state index in [1.807, 2.05) is 10.3 Å². The van der Waals surface area contributed by atoms with E-state index in [2.05, 4.69) is 5.32 Å². The zero-order valence-electron chi connectivity index (χ0n) is 8.66. The Bertz CT molecular complexity index is 345. The average molecular weight is 226 g/mol. The fraction of sp³-hybridized carbons (Fsp3) is 0.500. The van der Waals surface area contributed by atoms with Crippen molar-refractivity contribution < 1.29 is 9.53 Å². The molecule has 0 radical (unpaired) electrons. The summed E-state index contributed by atoms with van der Waals surface area (Å²) in [5.74, 6) is 0.878. The van der Waals surface area contributed by atoms with Crippen molar-refractivity contribution >= 4 is 17.2 Å². The lowest BCUT2D eigenvalue weighted by atomic mass is 10.3. The van der Waals surface area contributed by atoms with E-state index < -0.39 is 0 Å². The lowest BCUT2D eigenvalue weighted by Gasteiger charge is -2.26. The van der Waals surface area contributed by atoms with Crippen LogP contribution in [-0.4, -0.2) is 44.1 Å². The van der Waals surface area contributed by atoms with Crippen molar-refractivity contribution in [3.05, 3.63) is 16.3 Å². The van der Waals surface area contributed by atoms with Crippen LogP contribution in [0.25, 0.3) is 0 Å². The largest absolute Gasteiger partial charge is 0.496 e. The molecule has 0 aliphatic carbocycles. The van der Waals surface area contributed by atoms with Gasteiger partial charge in [-0.15, -0.1) is 11.3 Å². The second kappa shape index (κ2) is 4.63. The Labute approximate surface area is 92.8 Å². The molecule has 1 fully saturated rings. The highest BCUT2D eigenvalue weighted by Gasteiger charge is 2.19. The summed E-state index contributed by atoms with van der Waals surface area (Å²) in [4.78, 5) is 14.6.